The van der Waals surface area contributed by atoms with Gasteiger partial charge < -0.3 is 9.80 Å². The van der Waals surface area contributed by atoms with Crippen molar-refractivity contribution < 1.29 is 18.0 Å². The number of rotatable bonds is 2. The van der Waals surface area contributed by atoms with E-state index >= 15 is 0 Å². The van der Waals surface area contributed by atoms with Crippen molar-refractivity contribution in [2.75, 3.05) is 31.1 Å². The van der Waals surface area contributed by atoms with Crippen molar-refractivity contribution in [2.45, 2.75) is 6.18 Å². The van der Waals surface area contributed by atoms with E-state index in [-0.39, 0.29) is 0 Å². The number of hydrogen-bond donors (Lipinski definition) is 0. The number of benzene rings is 1. The normalized spacial score (nSPS) is 16.8. The number of nitrogens with zero attached hydrogens (tertiary/aromatic N) is 2. The first kappa shape index (κ1) is 12.7. The van der Waals surface area contributed by atoms with Crippen molar-refractivity contribution >= 4 is 12.1 Å². The average Bonchev–Trinajstić information content (AvgIpc) is 2.38. The third-order valence-corrected chi connectivity index (χ3v) is 2.95. The molecule has 18 heavy (non-hydrogen) atoms. The molecule has 1 fully saturated rings. The van der Waals surface area contributed by atoms with Crippen molar-refractivity contribution in [3.63, 3.8) is 0 Å². The van der Waals surface area contributed by atoms with Gasteiger partial charge in [-0.3, -0.25) is 4.79 Å². The molecular formula is C12H12F3N2O. The SMILES string of the molecule is O=[C]N1CCN(c2cccc(C(F)(F)F)c2)CC1. The van der Waals surface area contributed by atoms with Gasteiger partial charge in [0.25, 0.3) is 0 Å². The van der Waals surface area contributed by atoms with Crippen LogP contribution in [-0.2, 0) is 11.0 Å². The van der Waals surface area contributed by atoms with Crippen LogP contribution in [0.4, 0.5) is 18.9 Å². The fourth-order valence-electron chi connectivity index (χ4n) is 1.93. The minimum Gasteiger partial charge on any atom is -0.368 e. The first-order chi connectivity index (χ1) is 8.50. The maximum absolute atomic E-state index is 12.6. The molecule has 1 heterocycles. The van der Waals surface area contributed by atoms with Gasteiger partial charge in [-0.15, -0.1) is 0 Å². The van der Waals surface area contributed by atoms with Crippen LogP contribution < -0.4 is 4.90 Å². The zero-order valence-corrected chi connectivity index (χ0v) is 9.57. The van der Waals surface area contributed by atoms with E-state index in [0.717, 1.165) is 12.1 Å². The van der Waals surface area contributed by atoms with Crippen LogP contribution >= 0.6 is 0 Å². The number of piperazine rings is 1. The Morgan fingerprint density at radius 2 is 1.78 bits per heavy atom. The summed E-state index contributed by atoms with van der Waals surface area (Å²) in [5.74, 6) is 0. The molecule has 97 valence electrons. The molecule has 1 aromatic carbocycles. The molecule has 0 saturated carbocycles. The van der Waals surface area contributed by atoms with E-state index in [2.05, 4.69) is 0 Å². The zero-order chi connectivity index (χ0) is 13.2. The van der Waals surface area contributed by atoms with Crippen LogP contribution in [0.2, 0.25) is 0 Å². The fraction of sp³-hybridized carbons (Fsp3) is 0.417. The lowest BCUT2D eigenvalue weighted by atomic mass is 10.1. The number of anilines is 1. The molecule has 0 N–H and O–H groups in total. The molecule has 6 heteroatoms. The van der Waals surface area contributed by atoms with E-state index in [4.69, 9.17) is 0 Å². The second-order valence-electron chi connectivity index (χ2n) is 4.11. The lowest BCUT2D eigenvalue weighted by Crippen LogP contribution is -2.45. The monoisotopic (exact) mass is 257 g/mol. The summed E-state index contributed by atoms with van der Waals surface area (Å²) >= 11 is 0. The third-order valence-electron chi connectivity index (χ3n) is 2.95. The highest BCUT2D eigenvalue weighted by atomic mass is 19.4. The summed E-state index contributed by atoms with van der Waals surface area (Å²) in [5, 5.41) is 0. The first-order valence-corrected chi connectivity index (χ1v) is 5.55. The summed E-state index contributed by atoms with van der Waals surface area (Å²) in [4.78, 5) is 13.7. The van der Waals surface area contributed by atoms with Crippen LogP contribution in [0.25, 0.3) is 0 Å². The van der Waals surface area contributed by atoms with E-state index in [9.17, 15) is 18.0 Å². The number of halogens is 3. The molecule has 1 saturated heterocycles. The van der Waals surface area contributed by atoms with Gasteiger partial charge in [-0.05, 0) is 18.2 Å². The molecule has 0 bridgehead atoms. The molecule has 0 spiro atoms. The van der Waals surface area contributed by atoms with Crippen molar-refractivity contribution in [3.8, 4) is 0 Å². The van der Waals surface area contributed by atoms with Gasteiger partial charge in [0.15, 0.2) is 0 Å². The van der Waals surface area contributed by atoms with E-state index in [0.29, 0.717) is 31.9 Å². The van der Waals surface area contributed by atoms with Crippen molar-refractivity contribution in [1.29, 1.82) is 0 Å². The summed E-state index contributed by atoms with van der Waals surface area (Å²) in [5.41, 5.74) is -0.111. The van der Waals surface area contributed by atoms with Gasteiger partial charge >= 0.3 is 12.6 Å². The predicted octanol–water partition coefficient (Wildman–Crippen LogP) is 1.89. The topological polar surface area (TPSA) is 23.6 Å². The molecule has 1 aliphatic heterocycles. The summed E-state index contributed by atoms with van der Waals surface area (Å²) in [6.45, 7) is 2.02. The predicted molar refractivity (Wildman–Crippen MR) is 60.9 cm³/mol. The lowest BCUT2D eigenvalue weighted by molar-refractivity contribution is -0.137. The van der Waals surface area contributed by atoms with Crippen molar-refractivity contribution in [2.24, 2.45) is 0 Å². The van der Waals surface area contributed by atoms with Crippen LogP contribution in [0.3, 0.4) is 0 Å². The standard InChI is InChI=1S/C12H12F3N2O/c13-12(14,15)10-2-1-3-11(8-10)17-6-4-16(9-18)5-7-17/h1-3,8H,4-7H2. The zero-order valence-electron chi connectivity index (χ0n) is 9.57. The van der Waals surface area contributed by atoms with Gasteiger partial charge in [0.05, 0.1) is 5.56 Å². The third kappa shape index (κ3) is 2.75. The van der Waals surface area contributed by atoms with Gasteiger partial charge in [0, 0.05) is 31.9 Å². The maximum Gasteiger partial charge on any atom is 0.416 e. The molecular weight excluding hydrogens is 245 g/mol. The van der Waals surface area contributed by atoms with Gasteiger partial charge in [0.1, 0.15) is 0 Å². The molecule has 1 aromatic rings. The Hall–Kier alpha value is -1.72. The molecule has 0 atom stereocenters. The Morgan fingerprint density at radius 3 is 2.33 bits per heavy atom. The number of hydrogen-bond acceptors (Lipinski definition) is 2. The number of carbonyl (C=O) groups excluding carboxylic acids is 1. The fourth-order valence-corrected chi connectivity index (χ4v) is 1.93. The highest BCUT2D eigenvalue weighted by Crippen LogP contribution is 2.31. The molecule has 0 aromatic heterocycles. The molecule has 0 unspecified atom stereocenters. The molecule has 2 rings (SSSR count). The van der Waals surface area contributed by atoms with Crippen molar-refractivity contribution in [1.82, 2.24) is 4.90 Å². The Morgan fingerprint density at radius 1 is 1.11 bits per heavy atom. The van der Waals surface area contributed by atoms with Crippen LogP contribution in [0.5, 0.6) is 0 Å². The maximum atomic E-state index is 12.6. The smallest absolute Gasteiger partial charge is 0.368 e. The highest BCUT2D eigenvalue weighted by Gasteiger charge is 2.31. The Kier molecular flexibility index (Phi) is 3.45. The largest absolute Gasteiger partial charge is 0.416 e. The van der Waals surface area contributed by atoms with E-state index in [1.54, 1.807) is 12.5 Å². The van der Waals surface area contributed by atoms with Gasteiger partial charge in [0.2, 0.25) is 0 Å². The second-order valence-corrected chi connectivity index (χ2v) is 4.11. The molecule has 1 aliphatic rings. The summed E-state index contributed by atoms with van der Waals surface area (Å²) in [7, 11) is 0. The summed E-state index contributed by atoms with van der Waals surface area (Å²) in [6, 6.07) is 5.24. The van der Waals surface area contributed by atoms with Gasteiger partial charge in [-0.2, -0.15) is 13.2 Å². The number of alkyl halides is 3. The minimum atomic E-state index is -4.32. The Bertz CT molecular complexity index is 426. The van der Waals surface area contributed by atoms with Crippen LogP contribution in [-0.4, -0.2) is 37.5 Å². The quantitative estimate of drug-likeness (QED) is 0.807. The van der Waals surface area contributed by atoms with Crippen LogP contribution in [0.15, 0.2) is 24.3 Å². The molecule has 3 nitrogen and oxygen atoms in total. The first-order valence-electron chi connectivity index (χ1n) is 5.55. The van der Waals surface area contributed by atoms with Crippen molar-refractivity contribution in [3.05, 3.63) is 29.8 Å². The van der Waals surface area contributed by atoms with Crippen LogP contribution in [0, 0.1) is 0 Å². The Labute approximate surface area is 103 Å². The second kappa shape index (κ2) is 4.88. The molecule has 1 radical (unpaired) electrons. The molecule has 1 amide bonds. The number of amides is 1. The summed E-state index contributed by atoms with van der Waals surface area (Å²) < 4.78 is 37.7. The highest BCUT2D eigenvalue weighted by molar-refractivity contribution is 5.52. The summed E-state index contributed by atoms with van der Waals surface area (Å²) in [6.07, 6.45) is -2.54. The lowest BCUT2D eigenvalue weighted by Gasteiger charge is -2.33. The minimum absolute atomic E-state index is 0.486. The van der Waals surface area contributed by atoms with Gasteiger partial charge in [-0.1, -0.05) is 6.07 Å². The van der Waals surface area contributed by atoms with E-state index < -0.39 is 11.7 Å². The van der Waals surface area contributed by atoms with E-state index in [1.807, 2.05) is 4.90 Å². The Balaban J connectivity index is 2.12. The average molecular weight is 257 g/mol. The van der Waals surface area contributed by atoms with E-state index in [1.165, 1.54) is 11.0 Å². The molecule has 0 aliphatic carbocycles. The van der Waals surface area contributed by atoms with Crippen LogP contribution in [0.1, 0.15) is 5.56 Å². The van der Waals surface area contributed by atoms with Gasteiger partial charge in [-0.25, -0.2) is 0 Å².